The van der Waals surface area contributed by atoms with Crippen LogP contribution < -0.4 is 9.62 Å². The molecule has 0 spiro atoms. The highest BCUT2D eigenvalue weighted by molar-refractivity contribution is 7.92. The summed E-state index contributed by atoms with van der Waals surface area (Å²) in [6.07, 6.45) is 1.84. The van der Waals surface area contributed by atoms with Gasteiger partial charge in [0.05, 0.1) is 18.0 Å². The predicted octanol–water partition coefficient (Wildman–Crippen LogP) is 3.73. The van der Waals surface area contributed by atoms with E-state index in [1.807, 2.05) is 57.2 Å². The number of aryl methyl sites for hydroxylation is 2. The molecule has 6 heteroatoms. The van der Waals surface area contributed by atoms with Crippen LogP contribution in [-0.2, 0) is 14.8 Å². The summed E-state index contributed by atoms with van der Waals surface area (Å²) in [4.78, 5) is 12.9. The zero-order valence-corrected chi connectivity index (χ0v) is 17.4. The summed E-state index contributed by atoms with van der Waals surface area (Å²) in [7, 11) is -3.63. The van der Waals surface area contributed by atoms with E-state index in [0.717, 1.165) is 22.9 Å². The average molecular weight is 389 g/mol. The summed E-state index contributed by atoms with van der Waals surface area (Å²) in [6, 6.07) is 14.2. The molecule has 0 radical (unpaired) electrons. The Morgan fingerprint density at radius 3 is 2.11 bits per heavy atom. The Labute approximate surface area is 162 Å². The highest BCUT2D eigenvalue weighted by Crippen LogP contribution is 2.25. The number of rotatable bonds is 7. The number of hydrogen-bond donors (Lipinski definition) is 1. The van der Waals surface area contributed by atoms with Crippen molar-refractivity contribution in [2.45, 2.75) is 46.2 Å². The number of anilines is 1. The van der Waals surface area contributed by atoms with Crippen LogP contribution in [0.15, 0.2) is 48.5 Å². The van der Waals surface area contributed by atoms with Gasteiger partial charge >= 0.3 is 0 Å². The number of amides is 1. The van der Waals surface area contributed by atoms with Crippen molar-refractivity contribution in [1.29, 1.82) is 0 Å². The van der Waals surface area contributed by atoms with Crippen LogP contribution in [0.4, 0.5) is 5.69 Å². The Kier molecular flexibility index (Phi) is 6.65. The number of nitrogens with one attached hydrogen (secondary N) is 1. The zero-order chi connectivity index (χ0) is 20.2. The largest absolute Gasteiger partial charge is 0.347 e. The standard InChI is InChI=1S/C21H28N2O3S/c1-6-20(18-10-8-7-9-11-18)22-21(24)17(4)23(27(5,25)26)19-13-15(2)12-16(3)14-19/h7-14,17,20H,6H2,1-5H3,(H,22,24)/t17-,20+/m1/s1. The first-order valence-corrected chi connectivity index (χ1v) is 10.9. The van der Waals surface area contributed by atoms with Crippen LogP contribution in [0.2, 0.25) is 0 Å². The molecular formula is C21H28N2O3S. The molecule has 0 heterocycles. The van der Waals surface area contributed by atoms with E-state index < -0.39 is 16.1 Å². The fourth-order valence-corrected chi connectivity index (χ4v) is 4.44. The monoisotopic (exact) mass is 388 g/mol. The minimum Gasteiger partial charge on any atom is -0.347 e. The molecule has 0 aliphatic rings. The lowest BCUT2D eigenvalue weighted by molar-refractivity contribution is -0.122. The Morgan fingerprint density at radius 1 is 1.07 bits per heavy atom. The van der Waals surface area contributed by atoms with E-state index in [1.54, 1.807) is 19.1 Å². The summed E-state index contributed by atoms with van der Waals surface area (Å²) in [5, 5.41) is 2.99. The van der Waals surface area contributed by atoms with Crippen molar-refractivity contribution in [3.05, 3.63) is 65.2 Å². The van der Waals surface area contributed by atoms with E-state index in [4.69, 9.17) is 0 Å². The molecule has 2 rings (SSSR count). The van der Waals surface area contributed by atoms with E-state index in [0.29, 0.717) is 12.1 Å². The maximum absolute atomic E-state index is 12.9. The molecular weight excluding hydrogens is 360 g/mol. The average Bonchev–Trinajstić information content (AvgIpc) is 2.58. The Hall–Kier alpha value is -2.34. The number of nitrogens with zero attached hydrogens (tertiary/aromatic N) is 1. The summed E-state index contributed by atoms with van der Waals surface area (Å²) in [6.45, 7) is 7.42. The molecule has 0 saturated heterocycles. The van der Waals surface area contributed by atoms with Crippen molar-refractivity contribution in [3.63, 3.8) is 0 Å². The maximum atomic E-state index is 12.9. The first-order chi connectivity index (χ1) is 12.6. The zero-order valence-electron chi connectivity index (χ0n) is 16.6. The molecule has 0 fully saturated rings. The number of sulfonamides is 1. The minimum atomic E-state index is -3.63. The molecule has 5 nitrogen and oxygen atoms in total. The van der Waals surface area contributed by atoms with Gasteiger partial charge in [0.1, 0.15) is 6.04 Å². The third kappa shape index (κ3) is 5.32. The molecule has 0 aliphatic carbocycles. The number of carbonyl (C=O) groups excluding carboxylic acids is 1. The number of hydrogen-bond acceptors (Lipinski definition) is 3. The van der Waals surface area contributed by atoms with E-state index >= 15 is 0 Å². The van der Waals surface area contributed by atoms with Crippen molar-refractivity contribution in [2.24, 2.45) is 0 Å². The molecule has 2 aromatic carbocycles. The van der Waals surface area contributed by atoms with Gasteiger partial charge in [0, 0.05) is 0 Å². The third-order valence-electron chi connectivity index (χ3n) is 4.48. The second kappa shape index (κ2) is 8.57. The molecule has 146 valence electrons. The fraction of sp³-hybridized carbons (Fsp3) is 0.381. The van der Waals surface area contributed by atoms with Gasteiger partial charge in [-0.05, 0) is 56.0 Å². The maximum Gasteiger partial charge on any atom is 0.244 e. The lowest BCUT2D eigenvalue weighted by Gasteiger charge is -2.30. The molecule has 27 heavy (non-hydrogen) atoms. The molecule has 1 N–H and O–H groups in total. The molecule has 2 aromatic rings. The quantitative estimate of drug-likeness (QED) is 0.786. The fourth-order valence-electron chi connectivity index (χ4n) is 3.29. The molecule has 0 aliphatic heterocycles. The van der Waals surface area contributed by atoms with Crippen molar-refractivity contribution in [2.75, 3.05) is 10.6 Å². The van der Waals surface area contributed by atoms with Gasteiger partial charge in [0.15, 0.2) is 0 Å². The third-order valence-corrected chi connectivity index (χ3v) is 5.72. The van der Waals surface area contributed by atoms with Crippen LogP contribution in [0.1, 0.15) is 43.0 Å². The van der Waals surface area contributed by atoms with E-state index in [1.165, 1.54) is 4.31 Å². The Bertz CT molecular complexity index is 875. The lowest BCUT2D eigenvalue weighted by atomic mass is 10.0. The SMILES string of the molecule is CC[C@H](NC(=O)[C@@H](C)N(c1cc(C)cc(C)c1)S(C)(=O)=O)c1ccccc1. The van der Waals surface area contributed by atoms with Crippen LogP contribution >= 0.6 is 0 Å². The second-order valence-corrected chi connectivity index (χ2v) is 8.82. The van der Waals surface area contributed by atoms with Gasteiger partial charge < -0.3 is 5.32 Å². The van der Waals surface area contributed by atoms with Crippen molar-refractivity contribution in [3.8, 4) is 0 Å². The Balaban J connectivity index is 2.32. The van der Waals surface area contributed by atoms with E-state index in [2.05, 4.69) is 5.32 Å². The van der Waals surface area contributed by atoms with Gasteiger partial charge in [-0.25, -0.2) is 8.42 Å². The molecule has 1 amide bonds. The number of benzene rings is 2. The second-order valence-electron chi connectivity index (χ2n) is 6.96. The first kappa shape index (κ1) is 21.0. The number of carbonyl (C=O) groups is 1. The van der Waals surface area contributed by atoms with Crippen LogP contribution in [0, 0.1) is 13.8 Å². The molecule has 0 aromatic heterocycles. The van der Waals surface area contributed by atoms with Crippen LogP contribution in [-0.4, -0.2) is 26.6 Å². The topological polar surface area (TPSA) is 66.5 Å². The normalized spacial score (nSPS) is 13.7. The van der Waals surface area contributed by atoms with Gasteiger partial charge in [-0.1, -0.05) is 43.3 Å². The van der Waals surface area contributed by atoms with Crippen LogP contribution in [0.25, 0.3) is 0 Å². The molecule has 0 saturated carbocycles. The highest BCUT2D eigenvalue weighted by atomic mass is 32.2. The van der Waals surface area contributed by atoms with Crippen molar-refractivity contribution < 1.29 is 13.2 Å². The summed E-state index contributed by atoms with van der Waals surface area (Å²) >= 11 is 0. The van der Waals surface area contributed by atoms with Crippen LogP contribution in [0.3, 0.4) is 0 Å². The Morgan fingerprint density at radius 2 is 1.63 bits per heavy atom. The smallest absolute Gasteiger partial charge is 0.244 e. The highest BCUT2D eigenvalue weighted by Gasteiger charge is 2.30. The van der Waals surface area contributed by atoms with Gasteiger partial charge in [0.2, 0.25) is 15.9 Å². The first-order valence-electron chi connectivity index (χ1n) is 9.06. The van der Waals surface area contributed by atoms with Gasteiger partial charge in [-0.2, -0.15) is 0 Å². The summed E-state index contributed by atoms with van der Waals surface area (Å²) in [5.41, 5.74) is 3.40. The van der Waals surface area contributed by atoms with Crippen molar-refractivity contribution in [1.82, 2.24) is 5.32 Å². The summed E-state index contributed by atoms with van der Waals surface area (Å²) in [5.74, 6) is -0.324. The van der Waals surface area contributed by atoms with Gasteiger partial charge in [-0.15, -0.1) is 0 Å². The summed E-state index contributed by atoms with van der Waals surface area (Å²) < 4.78 is 26.1. The van der Waals surface area contributed by atoms with E-state index in [9.17, 15) is 13.2 Å². The molecule has 2 atom stereocenters. The molecule has 0 unspecified atom stereocenters. The van der Waals surface area contributed by atoms with Gasteiger partial charge in [-0.3, -0.25) is 9.10 Å². The van der Waals surface area contributed by atoms with Gasteiger partial charge in [0.25, 0.3) is 0 Å². The minimum absolute atomic E-state index is 0.165. The predicted molar refractivity (Wildman–Crippen MR) is 110 cm³/mol. The van der Waals surface area contributed by atoms with Crippen molar-refractivity contribution >= 4 is 21.6 Å². The lowest BCUT2D eigenvalue weighted by Crippen LogP contribution is -2.48. The van der Waals surface area contributed by atoms with E-state index in [-0.39, 0.29) is 11.9 Å². The molecule has 0 bridgehead atoms. The van der Waals surface area contributed by atoms with Crippen LogP contribution in [0.5, 0.6) is 0 Å².